The van der Waals surface area contributed by atoms with E-state index in [1.807, 2.05) is 0 Å². The van der Waals surface area contributed by atoms with E-state index in [1.165, 1.54) is 6.92 Å². The Morgan fingerprint density at radius 2 is 1.70 bits per heavy atom. The van der Waals surface area contributed by atoms with E-state index in [0.29, 0.717) is 12.8 Å². The van der Waals surface area contributed by atoms with Gasteiger partial charge in [-0.15, -0.1) is 0 Å². The van der Waals surface area contributed by atoms with E-state index in [2.05, 4.69) is 16.0 Å². The van der Waals surface area contributed by atoms with Crippen molar-refractivity contribution in [1.82, 2.24) is 16.0 Å². The van der Waals surface area contributed by atoms with Gasteiger partial charge in [0.2, 0.25) is 0 Å². The molecule has 2 aliphatic heterocycles. The SMILES string of the molecule is CNC1C(O)CC(OC2C(NC(=O)C(O)C(N)C(O)CN)CC(N)C(OC3OC(CNCC(O)C(CO)CO)CCC3N)C2O)OCC1(C)O. The predicted octanol–water partition coefficient (Wildman–Crippen LogP) is -7.83. The van der Waals surface area contributed by atoms with Crippen LogP contribution < -0.4 is 38.9 Å². The van der Waals surface area contributed by atoms with Gasteiger partial charge in [-0.3, -0.25) is 4.79 Å². The van der Waals surface area contributed by atoms with E-state index < -0.39 is 109 Å². The highest BCUT2D eigenvalue weighted by molar-refractivity contribution is 5.81. The number of hydrogen-bond donors (Lipinski definition) is 15. The summed E-state index contributed by atoms with van der Waals surface area (Å²) in [5.41, 5.74) is 22.6. The Balaban J connectivity index is 1.77. The van der Waals surface area contributed by atoms with Crippen LogP contribution in [0.3, 0.4) is 0 Å². The standard InChI is InChI=1S/C30H61N7O13/c1-30(46)12-47-21(6-18(40)27(30)35-2)49-26-17(37-28(45)23(43)22(34)19(41)7-31)5-16(33)25(24(26)44)50-29-15(32)4-3-14(48-29)8-36-9-20(42)13(10-38)11-39/h13-27,29,35-36,38-44,46H,3-12,31-34H2,1-2H3,(H,37,45). The van der Waals surface area contributed by atoms with Crippen LogP contribution in [0.1, 0.15) is 32.6 Å². The summed E-state index contributed by atoms with van der Waals surface area (Å²) in [6.45, 7) is 0.561. The van der Waals surface area contributed by atoms with E-state index >= 15 is 0 Å². The molecule has 0 radical (unpaired) electrons. The highest BCUT2D eigenvalue weighted by Gasteiger charge is 2.50. The molecule has 3 aliphatic rings. The Morgan fingerprint density at radius 3 is 2.32 bits per heavy atom. The molecule has 0 aromatic rings. The van der Waals surface area contributed by atoms with Gasteiger partial charge in [-0.25, -0.2) is 0 Å². The predicted molar refractivity (Wildman–Crippen MR) is 176 cm³/mol. The molecule has 2 heterocycles. The number of nitrogens with one attached hydrogen (secondary N) is 3. The second-order valence-electron chi connectivity index (χ2n) is 13.9. The third-order valence-corrected chi connectivity index (χ3v) is 9.86. The van der Waals surface area contributed by atoms with Crippen molar-refractivity contribution in [2.45, 2.75) is 130 Å². The molecule has 16 unspecified atom stereocenters. The van der Waals surface area contributed by atoms with Crippen LogP contribution in [0.5, 0.6) is 0 Å². The van der Waals surface area contributed by atoms with Gasteiger partial charge in [-0.1, -0.05) is 0 Å². The third kappa shape index (κ3) is 11.1. The Bertz CT molecular complexity index is 1020. The highest BCUT2D eigenvalue weighted by atomic mass is 16.7. The summed E-state index contributed by atoms with van der Waals surface area (Å²) in [4.78, 5) is 13.1. The molecular formula is C30H61N7O13. The zero-order valence-corrected chi connectivity index (χ0v) is 28.7. The first kappa shape index (κ1) is 43.2. The Morgan fingerprint density at radius 1 is 1.02 bits per heavy atom. The maximum Gasteiger partial charge on any atom is 0.250 e. The van der Waals surface area contributed by atoms with Crippen molar-refractivity contribution in [2.75, 3.05) is 46.5 Å². The van der Waals surface area contributed by atoms with Crippen LogP contribution in [0.4, 0.5) is 0 Å². The number of nitrogens with two attached hydrogens (primary N) is 4. The van der Waals surface area contributed by atoms with Gasteiger partial charge in [0.15, 0.2) is 12.6 Å². The van der Waals surface area contributed by atoms with Crippen molar-refractivity contribution >= 4 is 5.91 Å². The summed E-state index contributed by atoms with van der Waals surface area (Å²) in [6.07, 6.45) is -11.1. The van der Waals surface area contributed by atoms with Crippen LogP contribution in [-0.2, 0) is 23.7 Å². The summed E-state index contributed by atoms with van der Waals surface area (Å²) in [5, 5.41) is 91.2. The van der Waals surface area contributed by atoms with Gasteiger partial charge in [-0.2, -0.15) is 0 Å². The third-order valence-electron chi connectivity index (χ3n) is 9.86. The van der Waals surface area contributed by atoms with Crippen molar-refractivity contribution < 1.29 is 64.6 Å². The molecule has 16 atom stereocenters. The monoisotopic (exact) mass is 727 g/mol. The molecule has 0 spiro atoms. The molecule has 1 saturated carbocycles. The second-order valence-corrected chi connectivity index (χ2v) is 13.9. The second kappa shape index (κ2) is 19.7. The van der Waals surface area contributed by atoms with Crippen molar-refractivity contribution in [3.8, 4) is 0 Å². The van der Waals surface area contributed by atoms with Crippen LogP contribution in [0, 0.1) is 5.92 Å². The normalized spacial score (nSPS) is 39.4. The topological polar surface area (TPSA) is 356 Å². The number of aliphatic hydroxyl groups excluding tert-OH is 7. The molecule has 1 aliphatic carbocycles. The number of hydrogen-bond acceptors (Lipinski definition) is 19. The van der Waals surface area contributed by atoms with E-state index in [1.54, 1.807) is 7.05 Å². The van der Waals surface area contributed by atoms with E-state index in [9.17, 15) is 45.6 Å². The molecule has 19 N–H and O–H groups in total. The molecule has 1 amide bonds. The smallest absolute Gasteiger partial charge is 0.250 e. The van der Waals surface area contributed by atoms with Crippen LogP contribution in [-0.4, -0.2) is 190 Å². The molecule has 0 aromatic heterocycles. The van der Waals surface area contributed by atoms with Crippen LogP contribution in [0.2, 0.25) is 0 Å². The average molecular weight is 728 g/mol. The lowest BCUT2D eigenvalue weighted by Gasteiger charge is -2.46. The zero-order chi connectivity index (χ0) is 37.3. The number of carbonyl (C=O) groups excluding carboxylic acids is 1. The Hall–Kier alpha value is -1.25. The molecule has 0 aromatic carbocycles. The first-order chi connectivity index (χ1) is 23.6. The lowest BCUT2D eigenvalue weighted by molar-refractivity contribution is -0.274. The fraction of sp³-hybridized carbons (Fsp3) is 0.967. The van der Waals surface area contributed by atoms with Crippen molar-refractivity contribution in [3.05, 3.63) is 0 Å². The lowest BCUT2D eigenvalue weighted by atomic mass is 9.83. The van der Waals surface area contributed by atoms with E-state index in [4.69, 9.17) is 41.9 Å². The molecular weight excluding hydrogens is 666 g/mol. The molecule has 20 heteroatoms. The fourth-order valence-corrected chi connectivity index (χ4v) is 6.66. The minimum Gasteiger partial charge on any atom is -0.396 e. The Labute approximate surface area is 291 Å². The first-order valence-electron chi connectivity index (χ1n) is 17.2. The van der Waals surface area contributed by atoms with Crippen molar-refractivity contribution in [2.24, 2.45) is 28.9 Å². The molecule has 3 fully saturated rings. The summed E-state index contributed by atoms with van der Waals surface area (Å²) >= 11 is 0. The number of amides is 1. The van der Waals surface area contributed by atoms with Crippen LogP contribution in [0.25, 0.3) is 0 Å². The summed E-state index contributed by atoms with van der Waals surface area (Å²) in [5.74, 6) is -1.68. The van der Waals surface area contributed by atoms with Gasteiger partial charge in [0.05, 0.1) is 68.4 Å². The number of rotatable bonds is 17. The maximum atomic E-state index is 13.1. The Kier molecular flexibility index (Phi) is 17.0. The zero-order valence-electron chi connectivity index (χ0n) is 28.7. The number of likely N-dealkylation sites (N-methyl/N-ethyl adjacent to an activating group) is 1. The fourth-order valence-electron chi connectivity index (χ4n) is 6.66. The van der Waals surface area contributed by atoms with Crippen molar-refractivity contribution in [3.63, 3.8) is 0 Å². The average Bonchev–Trinajstić information content (AvgIpc) is 3.18. The number of ether oxygens (including phenoxy) is 4. The largest absolute Gasteiger partial charge is 0.396 e. The summed E-state index contributed by atoms with van der Waals surface area (Å²) in [7, 11) is 1.58. The number of carbonyl (C=O) groups is 1. The van der Waals surface area contributed by atoms with Gasteiger partial charge in [-0.05, 0) is 33.2 Å². The summed E-state index contributed by atoms with van der Waals surface area (Å²) in [6, 6.07) is -4.78. The van der Waals surface area contributed by atoms with Gasteiger partial charge in [0.1, 0.15) is 30.0 Å². The molecule has 3 rings (SSSR count). The molecule has 2 saturated heterocycles. The maximum absolute atomic E-state index is 13.1. The van der Waals surface area contributed by atoms with Gasteiger partial charge >= 0.3 is 0 Å². The highest BCUT2D eigenvalue weighted by Crippen LogP contribution is 2.32. The van der Waals surface area contributed by atoms with Crippen LogP contribution in [0.15, 0.2) is 0 Å². The minimum absolute atomic E-state index is 0.0482. The quantitative estimate of drug-likeness (QED) is 0.0661. The molecule has 0 bridgehead atoms. The minimum atomic E-state index is -1.88. The molecule has 50 heavy (non-hydrogen) atoms. The van der Waals surface area contributed by atoms with Gasteiger partial charge in [0, 0.05) is 38.0 Å². The van der Waals surface area contributed by atoms with E-state index in [0.717, 1.165) is 0 Å². The molecule has 294 valence electrons. The first-order valence-corrected chi connectivity index (χ1v) is 17.2. The lowest BCUT2D eigenvalue weighted by Crippen LogP contribution is -2.67. The van der Waals surface area contributed by atoms with Crippen LogP contribution >= 0.6 is 0 Å². The van der Waals surface area contributed by atoms with E-state index in [-0.39, 0.29) is 52.3 Å². The number of aliphatic hydroxyl groups is 8. The summed E-state index contributed by atoms with van der Waals surface area (Å²) < 4.78 is 24.3. The van der Waals surface area contributed by atoms with Gasteiger partial charge < -0.3 is 98.7 Å². The van der Waals surface area contributed by atoms with Crippen molar-refractivity contribution in [1.29, 1.82) is 0 Å². The van der Waals surface area contributed by atoms with Gasteiger partial charge in [0.25, 0.3) is 5.91 Å². The molecule has 20 nitrogen and oxygen atoms in total.